The van der Waals surface area contributed by atoms with Gasteiger partial charge in [-0.1, -0.05) is 0 Å². The van der Waals surface area contributed by atoms with Gasteiger partial charge in [0.2, 0.25) is 0 Å². The van der Waals surface area contributed by atoms with E-state index >= 15 is 0 Å². The smallest absolute Gasteiger partial charge is 0.128 e. The molecule has 1 atom stereocenters. The highest BCUT2D eigenvalue weighted by molar-refractivity contribution is 5.66. The molecule has 96 valence electrons. The normalized spacial score (nSPS) is 12.4. The number of nitrogens with zero attached hydrogens (tertiary/aromatic N) is 1. The molecule has 1 aromatic heterocycles. The summed E-state index contributed by atoms with van der Waals surface area (Å²) in [6.45, 7) is -0.215. The summed E-state index contributed by atoms with van der Waals surface area (Å²) >= 11 is 0. The lowest BCUT2D eigenvalue weighted by atomic mass is 10.1. The van der Waals surface area contributed by atoms with Crippen LogP contribution < -0.4 is 10.5 Å². The topological polar surface area (TPSA) is 84.2 Å². The Morgan fingerprint density at radius 2 is 2.33 bits per heavy atom. The average Bonchev–Trinajstić information content (AvgIpc) is 2.87. The molecule has 0 bridgehead atoms. The summed E-state index contributed by atoms with van der Waals surface area (Å²) in [5.74, 6) is 0.608. The van der Waals surface area contributed by atoms with Gasteiger partial charge < -0.3 is 20.6 Å². The van der Waals surface area contributed by atoms with E-state index in [1.807, 2.05) is 0 Å². The first-order chi connectivity index (χ1) is 8.65. The monoisotopic (exact) mass is 251 g/mol. The average molecular weight is 251 g/mol. The molecule has 18 heavy (non-hydrogen) atoms. The van der Waals surface area contributed by atoms with Crippen LogP contribution in [0.15, 0.2) is 24.4 Å². The quantitative estimate of drug-likeness (QED) is 0.762. The minimum Gasteiger partial charge on any atom is -0.496 e. The van der Waals surface area contributed by atoms with E-state index in [0.29, 0.717) is 22.8 Å². The van der Waals surface area contributed by atoms with Crippen molar-refractivity contribution in [2.24, 2.45) is 5.73 Å². The molecule has 1 aromatic carbocycles. The zero-order chi connectivity index (χ0) is 13.1. The molecule has 0 aliphatic carbocycles. The van der Waals surface area contributed by atoms with E-state index in [2.05, 4.69) is 9.97 Å². The maximum Gasteiger partial charge on any atom is 0.128 e. The van der Waals surface area contributed by atoms with Gasteiger partial charge in [-0.2, -0.15) is 0 Å². The first-order valence-corrected chi connectivity index (χ1v) is 5.41. The van der Waals surface area contributed by atoms with Crippen molar-refractivity contribution in [2.75, 3.05) is 13.7 Å². The number of halogens is 1. The minimum absolute atomic E-state index is 0.215. The highest BCUT2D eigenvalue weighted by Crippen LogP contribution is 2.29. The molecule has 0 amide bonds. The SMILES string of the molecule is COc1ccc(F)cc1-c1cnc(C(N)CO)[nH]1. The zero-order valence-corrected chi connectivity index (χ0v) is 9.85. The number of ether oxygens (including phenoxy) is 1. The Balaban J connectivity index is 2.42. The lowest BCUT2D eigenvalue weighted by Crippen LogP contribution is -2.15. The Hall–Kier alpha value is -1.92. The molecule has 1 unspecified atom stereocenters. The number of nitrogens with two attached hydrogens (primary N) is 1. The number of benzene rings is 1. The summed E-state index contributed by atoms with van der Waals surface area (Å²) in [4.78, 5) is 6.99. The molecule has 0 saturated heterocycles. The van der Waals surface area contributed by atoms with E-state index in [9.17, 15) is 4.39 Å². The van der Waals surface area contributed by atoms with Crippen molar-refractivity contribution < 1.29 is 14.2 Å². The minimum atomic E-state index is -0.585. The number of hydrogen-bond acceptors (Lipinski definition) is 4. The van der Waals surface area contributed by atoms with Gasteiger partial charge in [-0.15, -0.1) is 0 Å². The summed E-state index contributed by atoms with van der Waals surface area (Å²) < 4.78 is 18.4. The fourth-order valence-corrected chi connectivity index (χ4v) is 1.64. The van der Waals surface area contributed by atoms with Crippen LogP contribution in [-0.2, 0) is 0 Å². The third-order valence-corrected chi connectivity index (χ3v) is 2.60. The molecule has 2 rings (SSSR count). The second-order valence-corrected chi connectivity index (χ2v) is 3.82. The van der Waals surface area contributed by atoms with Gasteiger partial charge in [-0.25, -0.2) is 9.37 Å². The van der Waals surface area contributed by atoms with Crippen LogP contribution in [-0.4, -0.2) is 28.8 Å². The van der Waals surface area contributed by atoms with Crippen molar-refractivity contribution in [3.05, 3.63) is 36.0 Å². The molecule has 5 nitrogen and oxygen atoms in total. The molecular formula is C12H14FN3O2. The van der Waals surface area contributed by atoms with E-state index in [0.717, 1.165) is 0 Å². The van der Waals surface area contributed by atoms with Gasteiger partial charge in [0.1, 0.15) is 17.4 Å². The largest absolute Gasteiger partial charge is 0.496 e. The van der Waals surface area contributed by atoms with Gasteiger partial charge in [0.25, 0.3) is 0 Å². The highest BCUT2D eigenvalue weighted by Gasteiger charge is 2.13. The molecule has 0 aliphatic heterocycles. The number of aromatic amines is 1. The fourth-order valence-electron chi connectivity index (χ4n) is 1.64. The Morgan fingerprint density at radius 1 is 1.56 bits per heavy atom. The molecule has 4 N–H and O–H groups in total. The van der Waals surface area contributed by atoms with Gasteiger partial charge >= 0.3 is 0 Å². The third kappa shape index (κ3) is 2.34. The van der Waals surface area contributed by atoms with E-state index in [1.165, 1.54) is 31.5 Å². The van der Waals surface area contributed by atoms with Crippen molar-refractivity contribution in [1.82, 2.24) is 9.97 Å². The second-order valence-electron chi connectivity index (χ2n) is 3.82. The number of hydrogen-bond donors (Lipinski definition) is 3. The van der Waals surface area contributed by atoms with Crippen molar-refractivity contribution in [2.45, 2.75) is 6.04 Å². The number of aliphatic hydroxyl groups excluding tert-OH is 1. The van der Waals surface area contributed by atoms with Crippen molar-refractivity contribution in [3.63, 3.8) is 0 Å². The van der Waals surface area contributed by atoms with Gasteiger partial charge in [0, 0.05) is 5.56 Å². The van der Waals surface area contributed by atoms with E-state index in [-0.39, 0.29) is 12.4 Å². The van der Waals surface area contributed by atoms with Crippen LogP contribution in [0.2, 0.25) is 0 Å². The maximum absolute atomic E-state index is 13.2. The van der Waals surface area contributed by atoms with Crippen LogP contribution in [0.25, 0.3) is 11.3 Å². The Morgan fingerprint density at radius 3 is 3.00 bits per heavy atom. The van der Waals surface area contributed by atoms with Gasteiger partial charge in [0.15, 0.2) is 0 Å². The van der Waals surface area contributed by atoms with Gasteiger partial charge in [0.05, 0.1) is 31.6 Å². The number of methoxy groups -OCH3 is 1. The molecule has 0 aliphatic rings. The standard InChI is InChI=1S/C12H14FN3O2/c1-18-11-3-2-7(13)4-8(11)10-5-15-12(16-10)9(14)6-17/h2-5,9,17H,6,14H2,1H3,(H,15,16). The van der Waals surface area contributed by atoms with E-state index in [4.69, 9.17) is 15.6 Å². The molecular weight excluding hydrogens is 237 g/mol. The Kier molecular flexibility index (Phi) is 3.59. The van der Waals surface area contributed by atoms with Crippen LogP contribution in [0, 0.1) is 5.82 Å². The van der Waals surface area contributed by atoms with Crippen molar-refractivity contribution in [3.8, 4) is 17.0 Å². The van der Waals surface area contributed by atoms with E-state index in [1.54, 1.807) is 0 Å². The van der Waals surface area contributed by atoms with Gasteiger partial charge in [-0.3, -0.25) is 0 Å². The molecule has 0 radical (unpaired) electrons. The number of rotatable bonds is 4. The number of nitrogens with one attached hydrogen (secondary N) is 1. The summed E-state index contributed by atoms with van der Waals surface area (Å²) in [5.41, 5.74) is 6.78. The predicted molar refractivity (Wildman–Crippen MR) is 64.5 cm³/mol. The number of aliphatic hydroxyl groups is 1. The molecule has 1 heterocycles. The fraction of sp³-hybridized carbons (Fsp3) is 0.250. The molecule has 0 saturated carbocycles. The van der Waals surface area contributed by atoms with Crippen LogP contribution in [0.4, 0.5) is 4.39 Å². The second kappa shape index (κ2) is 5.16. The summed E-state index contributed by atoms with van der Waals surface area (Å²) in [5, 5.41) is 8.94. The lowest BCUT2D eigenvalue weighted by Gasteiger charge is -2.07. The predicted octanol–water partition coefficient (Wildman–Crippen LogP) is 1.22. The third-order valence-electron chi connectivity index (χ3n) is 2.60. The number of imidazole rings is 1. The van der Waals surface area contributed by atoms with E-state index < -0.39 is 6.04 Å². The van der Waals surface area contributed by atoms with Crippen LogP contribution in [0.5, 0.6) is 5.75 Å². The van der Waals surface area contributed by atoms with Crippen LogP contribution >= 0.6 is 0 Å². The number of H-pyrrole nitrogens is 1. The summed E-state index contributed by atoms with van der Waals surface area (Å²) in [6, 6.07) is 3.62. The van der Waals surface area contributed by atoms with Crippen molar-refractivity contribution >= 4 is 0 Å². The van der Waals surface area contributed by atoms with Crippen LogP contribution in [0.1, 0.15) is 11.9 Å². The molecule has 2 aromatic rings. The molecule has 6 heteroatoms. The zero-order valence-electron chi connectivity index (χ0n) is 9.85. The first kappa shape index (κ1) is 12.5. The Bertz CT molecular complexity index is 542. The molecule has 0 spiro atoms. The summed E-state index contributed by atoms with van der Waals surface area (Å²) in [7, 11) is 1.51. The lowest BCUT2D eigenvalue weighted by molar-refractivity contribution is 0.264. The number of aromatic nitrogens is 2. The molecule has 0 fully saturated rings. The summed E-state index contributed by atoms with van der Waals surface area (Å²) in [6.07, 6.45) is 1.53. The highest BCUT2D eigenvalue weighted by atomic mass is 19.1. The van der Waals surface area contributed by atoms with Gasteiger partial charge in [-0.05, 0) is 18.2 Å². The maximum atomic E-state index is 13.2. The van der Waals surface area contributed by atoms with Crippen molar-refractivity contribution in [1.29, 1.82) is 0 Å². The Labute approximate surface area is 103 Å². The van der Waals surface area contributed by atoms with Crippen LogP contribution in [0.3, 0.4) is 0 Å². The first-order valence-electron chi connectivity index (χ1n) is 5.41.